The van der Waals surface area contributed by atoms with Crippen LogP contribution in [0.4, 0.5) is 0 Å². The first-order chi connectivity index (χ1) is 9.15. The Morgan fingerprint density at radius 3 is 1.05 bits per heavy atom. The Bertz CT molecular complexity index is 193. The van der Waals surface area contributed by atoms with Gasteiger partial charge in [0.1, 0.15) is 16.1 Å². The van der Waals surface area contributed by atoms with Crippen molar-refractivity contribution in [1.29, 1.82) is 0 Å². The molecule has 1 nitrogen and oxygen atoms in total. The summed E-state index contributed by atoms with van der Waals surface area (Å²) in [6.07, 6.45) is 0. The molecule has 0 aromatic rings. The quantitative estimate of drug-likeness (QED) is 0.327. The van der Waals surface area contributed by atoms with Gasteiger partial charge in [0, 0.05) is 0 Å². The molecule has 0 atom stereocenters. The number of halogens is 2. The first-order valence-corrected chi connectivity index (χ1v) is 16.3. The predicted octanol–water partition coefficient (Wildman–Crippen LogP) is 6.58. The van der Waals surface area contributed by atoms with Gasteiger partial charge >= 0.3 is 35.3 Å². The predicted molar refractivity (Wildman–Crippen MR) is 101 cm³/mol. The van der Waals surface area contributed by atoms with Crippen molar-refractivity contribution in [1.82, 2.24) is 4.44 Å². The van der Waals surface area contributed by atoms with E-state index in [9.17, 15) is 0 Å². The fraction of sp³-hybridized carbons (Fsp3) is 1.00. The van der Waals surface area contributed by atoms with Gasteiger partial charge < -0.3 is 0 Å². The molecule has 0 amide bonds. The first-order valence-electron chi connectivity index (χ1n) is 7.48. The first kappa shape index (κ1) is 24.3. The van der Waals surface area contributed by atoms with Crippen molar-refractivity contribution in [3.63, 3.8) is 0 Å². The topological polar surface area (TPSA) is 3.24 Å². The summed E-state index contributed by atoms with van der Waals surface area (Å²) in [5.41, 5.74) is 3.43. The second-order valence-electron chi connectivity index (χ2n) is 6.26. The molecule has 0 fully saturated rings. The third-order valence-electron chi connectivity index (χ3n) is 3.31. The van der Waals surface area contributed by atoms with Crippen LogP contribution < -0.4 is 0 Å². The van der Waals surface area contributed by atoms with Crippen molar-refractivity contribution >= 4 is 35.0 Å². The van der Waals surface area contributed by atoms with E-state index in [0.717, 1.165) is 22.6 Å². The van der Waals surface area contributed by atoms with E-state index in [4.69, 9.17) is 18.8 Å². The van der Waals surface area contributed by atoms with Crippen LogP contribution in [0.2, 0.25) is 0 Å². The molecule has 0 saturated carbocycles. The minimum absolute atomic E-state index is 0.377. The molecule has 0 spiro atoms. The molecular weight excluding hydrogens is 510 g/mol. The van der Waals surface area contributed by atoms with Crippen LogP contribution in [0, 0.1) is 0 Å². The molecule has 0 aromatic heterocycles. The number of nitrogens with zero attached hydrogens (tertiary/aromatic N) is 1. The summed E-state index contributed by atoms with van der Waals surface area (Å²) < 4.78 is 2.96. The minimum atomic E-state index is -0.472. The van der Waals surface area contributed by atoms with Gasteiger partial charge in [-0.2, -0.15) is 0 Å². The standard InChI is InChI=1S/C14H33NP2.2ClH.Pt/c1-10-15(16(11(2)3)12(4)5)17(13(6)7)14(8)9;;;/h11-14H,10H2,1-9H3;2*1H;/q;;;+2. The average molecular weight is 545 g/mol. The van der Waals surface area contributed by atoms with Gasteiger partial charge in [-0.1, -0.05) is 4.44 Å². The zero-order chi connectivity index (χ0) is 16.5. The van der Waals surface area contributed by atoms with Gasteiger partial charge in [-0.25, -0.2) is 0 Å². The molecule has 0 radical (unpaired) electrons. The maximum absolute atomic E-state index is 4.88. The van der Waals surface area contributed by atoms with Gasteiger partial charge in [0.25, 0.3) is 0 Å². The van der Waals surface area contributed by atoms with E-state index in [1.165, 1.54) is 6.54 Å². The van der Waals surface area contributed by atoms with Gasteiger partial charge in [-0.15, -0.1) is 0 Å². The summed E-state index contributed by atoms with van der Waals surface area (Å²) in [5, 5.41) is 0. The third-order valence-corrected chi connectivity index (χ3v) is 11.5. The SMILES string of the molecule is CCN([PH+](C(C)C)C(C)C)[PH+](C(C)C)C(C)C.[Cl][Pt][Cl]. The molecule has 0 unspecified atom stereocenters. The molecule has 0 aliphatic rings. The Morgan fingerprint density at radius 1 is 0.750 bits per heavy atom. The fourth-order valence-corrected chi connectivity index (χ4v) is 13.3. The molecule has 0 aromatic carbocycles. The summed E-state index contributed by atoms with van der Waals surface area (Å²) in [4.78, 5) is 0. The van der Waals surface area contributed by atoms with E-state index in [2.05, 4.69) is 66.8 Å². The molecule has 0 aliphatic carbocycles. The van der Waals surface area contributed by atoms with Gasteiger partial charge in [-0.05, 0) is 62.3 Å². The van der Waals surface area contributed by atoms with E-state index >= 15 is 0 Å². The Morgan fingerprint density at radius 2 is 0.950 bits per heavy atom. The summed E-state index contributed by atoms with van der Waals surface area (Å²) in [6, 6.07) is 0. The van der Waals surface area contributed by atoms with Crippen LogP contribution in [0.1, 0.15) is 62.3 Å². The molecule has 20 heavy (non-hydrogen) atoms. The van der Waals surface area contributed by atoms with Crippen LogP contribution in [-0.2, 0) is 16.5 Å². The molecular formula is C14H35Cl2NP2Pt+2. The van der Waals surface area contributed by atoms with Crippen LogP contribution in [0.5, 0.6) is 0 Å². The Labute approximate surface area is 146 Å². The van der Waals surface area contributed by atoms with E-state index < -0.39 is 16.5 Å². The molecule has 0 rings (SSSR count). The molecule has 0 heterocycles. The van der Waals surface area contributed by atoms with Crippen LogP contribution in [-0.4, -0.2) is 33.6 Å². The summed E-state index contributed by atoms with van der Waals surface area (Å²) in [5.74, 6) is 0. The van der Waals surface area contributed by atoms with Gasteiger partial charge in [-0.3, -0.25) is 0 Å². The van der Waals surface area contributed by atoms with Crippen molar-refractivity contribution in [2.75, 3.05) is 6.54 Å². The monoisotopic (exact) mass is 544 g/mol. The number of hydrogen-bond donors (Lipinski definition) is 0. The molecule has 0 aliphatic heterocycles. The molecule has 128 valence electrons. The van der Waals surface area contributed by atoms with Crippen molar-refractivity contribution in [3.05, 3.63) is 0 Å². The summed E-state index contributed by atoms with van der Waals surface area (Å²) >= 11 is -0.472. The molecule has 0 bridgehead atoms. The van der Waals surface area contributed by atoms with Crippen LogP contribution >= 0.6 is 35.0 Å². The van der Waals surface area contributed by atoms with Crippen LogP contribution in [0.25, 0.3) is 0 Å². The Kier molecular flexibility index (Phi) is 16.5. The van der Waals surface area contributed by atoms with E-state index in [1.807, 2.05) is 0 Å². The summed E-state index contributed by atoms with van der Waals surface area (Å²) in [7, 11) is 9.00. The van der Waals surface area contributed by atoms with Crippen LogP contribution in [0.15, 0.2) is 0 Å². The number of rotatable bonds is 7. The third kappa shape index (κ3) is 9.28. The Balaban J connectivity index is 0. The van der Waals surface area contributed by atoms with Gasteiger partial charge in [0.05, 0.1) is 29.2 Å². The second-order valence-corrected chi connectivity index (χ2v) is 17.4. The zero-order valence-electron chi connectivity index (χ0n) is 14.5. The van der Waals surface area contributed by atoms with Gasteiger partial charge in [0.2, 0.25) is 0 Å². The Hall–Kier alpha value is 2.09. The van der Waals surface area contributed by atoms with E-state index in [1.54, 1.807) is 0 Å². The van der Waals surface area contributed by atoms with Gasteiger partial charge in [0.15, 0.2) is 0 Å². The molecule has 0 saturated heterocycles. The van der Waals surface area contributed by atoms with Crippen LogP contribution in [0.3, 0.4) is 0 Å². The fourth-order valence-electron chi connectivity index (χ4n) is 3.09. The number of hydrogen-bond acceptors (Lipinski definition) is 1. The van der Waals surface area contributed by atoms with E-state index in [0.29, 0.717) is 0 Å². The second kappa shape index (κ2) is 13.5. The van der Waals surface area contributed by atoms with Crippen molar-refractivity contribution in [2.45, 2.75) is 84.9 Å². The van der Waals surface area contributed by atoms with Crippen molar-refractivity contribution < 1.29 is 16.5 Å². The van der Waals surface area contributed by atoms with Crippen molar-refractivity contribution in [3.8, 4) is 0 Å². The normalized spacial score (nSPS) is 12.5. The zero-order valence-corrected chi connectivity index (χ0v) is 20.3. The summed E-state index contributed by atoms with van der Waals surface area (Å²) in [6.45, 7) is 23.0. The molecule has 0 N–H and O–H groups in total. The maximum atomic E-state index is 4.88. The van der Waals surface area contributed by atoms with Crippen molar-refractivity contribution in [2.24, 2.45) is 0 Å². The molecule has 6 heteroatoms. The van der Waals surface area contributed by atoms with E-state index in [-0.39, 0.29) is 16.1 Å². The average Bonchev–Trinajstić information content (AvgIpc) is 2.26.